The minimum Gasteiger partial charge on any atom is -0.493 e. The molecule has 2 N–H and O–H groups in total. The highest BCUT2D eigenvalue weighted by Gasteiger charge is 2.09. The number of carbonyl (C=O) groups is 1. The van der Waals surface area contributed by atoms with Gasteiger partial charge in [0.2, 0.25) is 5.91 Å². The highest BCUT2D eigenvalue weighted by atomic mass is 35.5. The van der Waals surface area contributed by atoms with Crippen molar-refractivity contribution in [3.63, 3.8) is 0 Å². The number of nitrogens with one attached hydrogen (secondary N) is 2. The van der Waals surface area contributed by atoms with Crippen LogP contribution in [0.5, 0.6) is 5.75 Å². The van der Waals surface area contributed by atoms with Crippen LogP contribution < -0.4 is 15.4 Å². The van der Waals surface area contributed by atoms with Gasteiger partial charge in [-0.3, -0.25) is 4.79 Å². The van der Waals surface area contributed by atoms with E-state index in [1.807, 2.05) is 30.3 Å². The molecular weight excluding hydrogens is 328 g/mol. The van der Waals surface area contributed by atoms with Crippen LogP contribution in [-0.2, 0) is 22.7 Å². The molecule has 24 heavy (non-hydrogen) atoms. The fourth-order valence-electron chi connectivity index (χ4n) is 2.31. The van der Waals surface area contributed by atoms with Crippen LogP contribution in [0.3, 0.4) is 0 Å². The van der Waals surface area contributed by atoms with Crippen LogP contribution in [0.25, 0.3) is 0 Å². The number of methoxy groups -OCH3 is 2. The Hall–Kier alpha value is -2.24. The molecule has 0 aliphatic heterocycles. The van der Waals surface area contributed by atoms with Gasteiger partial charge in [-0.1, -0.05) is 41.9 Å². The predicted molar refractivity (Wildman–Crippen MR) is 95.5 cm³/mol. The summed E-state index contributed by atoms with van der Waals surface area (Å²) in [7, 11) is 3.19. The number of hydrogen-bond donors (Lipinski definition) is 2. The van der Waals surface area contributed by atoms with E-state index in [1.165, 1.54) is 0 Å². The lowest BCUT2D eigenvalue weighted by atomic mass is 10.1. The van der Waals surface area contributed by atoms with Gasteiger partial charge < -0.3 is 20.1 Å². The lowest BCUT2D eigenvalue weighted by molar-refractivity contribution is -0.119. The van der Waals surface area contributed by atoms with Gasteiger partial charge in [-0.25, -0.2) is 0 Å². The molecule has 0 fully saturated rings. The molecule has 5 nitrogen and oxygen atoms in total. The van der Waals surface area contributed by atoms with E-state index < -0.39 is 0 Å². The van der Waals surface area contributed by atoms with E-state index in [1.54, 1.807) is 26.4 Å². The maximum Gasteiger partial charge on any atom is 0.239 e. The second-order valence-corrected chi connectivity index (χ2v) is 5.56. The molecule has 6 heteroatoms. The maximum absolute atomic E-state index is 12.1. The van der Waals surface area contributed by atoms with E-state index in [9.17, 15) is 4.79 Å². The van der Waals surface area contributed by atoms with Crippen LogP contribution >= 0.6 is 11.6 Å². The Morgan fingerprint density at radius 2 is 1.83 bits per heavy atom. The second kappa shape index (κ2) is 9.15. The van der Waals surface area contributed by atoms with Gasteiger partial charge in [-0.05, 0) is 23.3 Å². The minimum atomic E-state index is -0.121. The summed E-state index contributed by atoms with van der Waals surface area (Å²) in [6, 6.07) is 13.2. The number of hydrogen-bond acceptors (Lipinski definition) is 4. The number of rotatable bonds is 8. The Kier molecular flexibility index (Phi) is 6.90. The number of anilines is 1. The molecule has 0 aromatic heterocycles. The molecule has 2 aromatic rings. The zero-order valence-corrected chi connectivity index (χ0v) is 14.5. The van der Waals surface area contributed by atoms with Crippen LogP contribution in [-0.4, -0.2) is 26.7 Å². The zero-order valence-electron chi connectivity index (χ0n) is 13.8. The monoisotopic (exact) mass is 348 g/mol. The summed E-state index contributed by atoms with van der Waals surface area (Å²) in [5.74, 6) is 0.404. The quantitative estimate of drug-likeness (QED) is 0.769. The van der Waals surface area contributed by atoms with Gasteiger partial charge in [0, 0.05) is 13.7 Å². The number of ether oxygens (including phenoxy) is 2. The molecule has 2 rings (SSSR count). The molecule has 0 unspecified atom stereocenters. The molecule has 0 saturated heterocycles. The first-order chi connectivity index (χ1) is 11.7. The molecule has 0 aliphatic carbocycles. The number of amides is 1. The largest absolute Gasteiger partial charge is 0.493 e. The van der Waals surface area contributed by atoms with Gasteiger partial charge in [-0.2, -0.15) is 0 Å². The summed E-state index contributed by atoms with van der Waals surface area (Å²) in [5, 5.41) is 6.42. The van der Waals surface area contributed by atoms with Crippen molar-refractivity contribution in [2.24, 2.45) is 0 Å². The summed E-state index contributed by atoms with van der Waals surface area (Å²) in [6.07, 6.45) is 0. The summed E-state index contributed by atoms with van der Waals surface area (Å²) < 4.78 is 10.4. The van der Waals surface area contributed by atoms with Gasteiger partial charge in [-0.15, -0.1) is 0 Å². The standard InChI is InChI=1S/C18H21ClN2O3/c1-23-12-14-7-4-3-6-13(14)10-21-17(22)11-20-16-9-5-8-15(19)18(16)24-2/h3-9,20H,10-12H2,1-2H3,(H,21,22). The predicted octanol–water partition coefficient (Wildman–Crippen LogP) is 3.22. The number of carbonyl (C=O) groups excluding carboxylic acids is 1. The zero-order chi connectivity index (χ0) is 17.4. The fraction of sp³-hybridized carbons (Fsp3) is 0.278. The van der Waals surface area contributed by atoms with Crippen molar-refractivity contribution in [2.45, 2.75) is 13.2 Å². The van der Waals surface area contributed by atoms with Gasteiger partial charge in [0.05, 0.1) is 31.0 Å². The van der Waals surface area contributed by atoms with E-state index in [2.05, 4.69) is 10.6 Å². The lowest BCUT2D eigenvalue weighted by Crippen LogP contribution is -2.29. The summed E-state index contributed by atoms with van der Waals surface area (Å²) in [6.45, 7) is 1.10. The Labute approximate surface area is 146 Å². The van der Waals surface area contributed by atoms with Crippen molar-refractivity contribution < 1.29 is 14.3 Å². The number of para-hydroxylation sites is 1. The molecule has 128 valence electrons. The summed E-state index contributed by atoms with van der Waals surface area (Å²) >= 11 is 6.06. The highest BCUT2D eigenvalue weighted by Crippen LogP contribution is 2.32. The SMILES string of the molecule is COCc1ccccc1CNC(=O)CNc1cccc(Cl)c1OC. The van der Waals surface area contributed by atoms with E-state index in [-0.39, 0.29) is 12.5 Å². The van der Waals surface area contributed by atoms with Crippen molar-refractivity contribution in [1.82, 2.24) is 5.32 Å². The van der Waals surface area contributed by atoms with Crippen LogP contribution in [0.4, 0.5) is 5.69 Å². The third kappa shape index (κ3) is 4.88. The minimum absolute atomic E-state index is 0.121. The number of halogens is 1. The molecule has 0 spiro atoms. The Morgan fingerprint density at radius 1 is 1.08 bits per heavy atom. The number of benzene rings is 2. The van der Waals surface area contributed by atoms with Crippen LogP contribution in [0.15, 0.2) is 42.5 Å². The van der Waals surface area contributed by atoms with Crippen molar-refractivity contribution in [3.8, 4) is 5.75 Å². The first-order valence-corrected chi connectivity index (χ1v) is 7.92. The fourth-order valence-corrected chi connectivity index (χ4v) is 2.57. The maximum atomic E-state index is 12.1. The Balaban J connectivity index is 1.90. The summed E-state index contributed by atoms with van der Waals surface area (Å²) in [4.78, 5) is 12.1. The molecule has 0 radical (unpaired) electrons. The Morgan fingerprint density at radius 3 is 2.54 bits per heavy atom. The van der Waals surface area contributed by atoms with E-state index >= 15 is 0 Å². The van der Waals surface area contributed by atoms with Crippen molar-refractivity contribution in [1.29, 1.82) is 0 Å². The topological polar surface area (TPSA) is 59.6 Å². The van der Waals surface area contributed by atoms with E-state index in [0.717, 1.165) is 11.1 Å². The van der Waals surface area contributed by atoms with Crippen LogP contribution in [0.1, 0.15) is 11.1 Å². The molecule has 0 aliphatic rings. The average Bonchev–Trinajstić information content (AvgIpc) is 2.59. The van der Waals surface area contributed by atoms with Gasteiger partial charge in [0.15, 0.2) is 5.75 Å². The van der Waals surface area contributed by atoms with E-state index in [4.69, 9.17) is 21.1 Å². The van der Waals surface area contributed by atoms with Gasteiger partial charge >= 0.3 is 0 Å². The molecule has 0 saturated carbocycles. The lowest BCUT2D eigenvalue weighted by Gasteiger charge is -2.13. The molecule has 2 aromatic carbocycles. The molecule has 0 atom stereocenters. The first-order valence-electron chi connectivity index (χ1n) is 7.54. The van der Waals surface area contributed by atoms with Gasteiger partial charge in [0.25, 0.3) is 0 Å². The normalized spacial score (nSPS) is 10.3. The smallest absolute Gasteiger partial charge is 0.239 e. The highest BCUT2D eigenvalue weighted by molar-refractivity contribution is 6.32. The second-order valence-electron chi connectivity index (χ2n) is 5.15. The molecule has 1 amide bonds. The van der Waals surface area contributed by atoms with Crippen molar-refractivity contribution in [2.75, 3.05) is 26.1 Å². The van der Waals surface area contributed by atoms with Crippen LogP contribution in [0.2, 0.25) is 5.02 Å². The first kappa shape index (κ1) is 18.1. The molecule has 0 bridgehead atoms. The average molecular weight is 349 g/mol. The van der Waals surface area contributed by atoms with E-state index in [0.29, 0.717) is 29.6 Å². The Bertz CT molecular complexity index is 692. The third-order valence-electron chi connectivity index (χ3n) is 3.50. The summed E-state index contributed by atoms with van der Waals surface area (Å²) in [5.41, 5.74) is 2.78. The third-order valence-corrected chi connectivity index (χ3v) is 3.80. The van der Waals surface area contributed by atoms with Crippen molar-refractivity contribution >= 4 is 23.2 Å². The molecule has 0 heterocycles. The van der Waals surface area contributed by atoms with Crippen LogP contribution in [0, 0.1) is 0 Å². The van der Waals surface area contributed by atoms with Gasteiger partial charge in [0.1, 0.15) is 0 Å². The molecular formula is C18H21ClN2O3. The van der Waals surface area contributed by atoms with Crippen molar-refractivity contribution in [3.05, 3.63) is 58.6 Å².